The maximum absolute atomic E-state index is 15.8. The molecule has 2 amide bonds. The van der Waals surface area contributed by atoms with E-state index in [1.807, 2.05) is 0 Å². The van der Waals surface area contributed by atoms with E-state index < -0.39 is 49.2 Å². The lowest BCUT2D eigenvalue weighted by Gasteiger charge is -2.32. The smallest absolute Gasteiger partial charge is 0.338 e. The van der Waals surface area contributed by atoms with Gasteiger partial charge in [0.2, 0.25) is 0 Å². The number of ether oxygens (including phenoxy) is 3. The minimum atomic E-state index is -1.92. The number of nitrogens with zero attached hydrogens (tertiary/aromatic N) is 2. The summed E-state index contributed by atoms with van der Waals surface area (Å²) in [4.78, 5) is 40.6. The molecule has 0 bridgehead atoms. The third-order valence-electron chi connectivity index (χ3n) is 5.52. The van der Waals surface area contributed by atoms with Gasteiger partial charge in [0.1, 0.15) is 12.7 Å². The number of hydrogen-bond acceptors (Lipinski definition) is 6. The molecule has 0 spiro atoms. The van der Waals surface area contributed by atoms with E-state index in [0.717, 1.165) is 4.90 Å². The van der Waals surface area contributed by atoms with E-state index in [4.69, 9.17) is 14.2 Å². The predicted octanol–water partition coefficient (Wildman–Crippen LogP) is 3.86. The molecule has 3 rings (SSSR count). The first-order valence-corrected chi connectivity index (χ1v) is 11.4. The predicted molar refractivity (Wildman–Crippen MR) is 131 cm³/mol. The summed E-state index contributed by atoms with van der Waals surface area (Å²) in [5.74, 6) is -1.41. The molecule has 0 N–H and O–H groups in total. The Labute approximate surface area is 209 Å². The topological polar surface area (TPSA) is 85.4 Å². The summed E-state index contributed by atoms with van der Waals surface area (Å²) in [5.41, 5.74) is 0.522. The lowest BCUT2D eigenvalue weighted by molar-refractivity contribution is -0.0756. The Morgan fingerprint density at radius 1 is 0.944 bits per heavy atom. The number of rotatable bonds is 10. The number of amides is 2. The van der Waals surface area contributed by atoms with Crippen LogP contribution in [0.25, 0.3) is 0 Å². The van der Waals surface area contributed by atoms with Crippen molar-refractivity contribution in [1.82, 2.24) is 9.80 Å². The molecule has 1 fully saturated rings. The minimum absolute atomic E-state index is 0.0265. The van der Waals surface area contributed by atoms with Crippen molar-refractivity contribution in [2.45, 2.75) is 24.6 Å². The second-order valence-electron chi connectivity index (χ2n) is 8.10. The van der Waals surface area contributed by atoms with Crippen LogP contribution in [0, 0.1) is 0 Å². The molecule has 2 aromatic rings. The van der Waals surface area contributed by atoms with Gasteiger partial charge in [0.15, 0.2) is 18.5 Å². The summed E-state index contributed by atoms with van der Waals surface area (Å²) in [6.45, 7) is 7.05. The summed E-state index contributed by atoms with van der Waals surface area (Å²) in [6.07, 6.45) is -2.95. The van der Waals surface area contributed by atoms with Crippen molar-refractivity contribution in [3.63, 3.8) is 0 Å². The molecule has 0 saturated carbocycles. The summed E-state index contributed by atoms with van der Waals surface area (Å²) in [7, 11) is 1.54. The van der Waals surface area contributed by atoms with E-state index in [2.05, 4.69) is 13.2 Å². The van der Waals surface area contributed by atoms with Gasteiger partial charge in [-0.25, -0.2) is 18.8 Å². The van der Waals surface area contributed by atoms with Crippen LogP contribution in [0.3, 0.4) is 0 Å². The zero-order valence-corrected chi connectivity index (χ0v) is 20.0. The van der Waals surface area contributed by atoms with E-state index in [9.17, 15) is 14.4 Å². The van der Waals surface area contributed by atoms with Crippen molar-refractivity contribution in [3.8, 4) is 0 Å². The highest BCUT2D eigenvalue weighted by atomic mass is 19.1. The molecule has 36 heavy (non-hydrogen) atoms. The van der Waals surface area contributed by atoms with Crippen molar-refractivity contribution < 1.29 is 33.0 Å². The molecular formula is C27H29FN2O6. The minimum Gasteiger partial charge on any atom is -0.459 e. The first kappa shape index (κ1) is 26.6. The maximum atomic E-state index is 15.8. The number of benzene rings is 2. The Bertz CT molecular complexity index is 1060. The van der Waals surface area contributed by atoms with Crippen LogP contribution in [0.5, 0.6) is 0 Å². The van der Waals surface area contributed by atoms with E-state index in [-0.39, 0.29) is 18.7 Å². The molecule has 9 heteroatoms. The van der Waals surface area contributed by atoms with Gasteiger partial charge in [-0.2, -0.15) is 0 Å². The molecule has 0 aromatic heterocycles. The zero-order chi connectivity index (χ0) is 26.1. The van der Waals surface area contributed by atoms with Crippen LogP contribution in [-0.4, -0.2) is 79.1 Å². The highest BCUT2D eigenvalue weighted by Crippen LogP contribution is 2.31. The average Bonchev–Trinajstić information content (AvgIpc) is 3.21. The molecule has 1 aliphatic rings. The molecule has 4 unspecified atom stereocenters. The van der Waals surface area contributed by atoms with Crippen LogP contribution in [0.15, 0.2) is 86.0 Å². The van der Waals surface area contributed by atoms with Crippen LogP contribution >= 0.6 is 0 Å². The molecule has 1 aliphatic heterocycles. The van der Waals surface area contributed by atoms with Gasteiger partial charge < -0.3 is 19.1 Å². The standard InChI is InChI=1S/C27H29FN2O6/c1-4-16-29(3)27(33)30(17-5-2)24-22(28)23(36-26(32)20-14-10-7-11-15-20)21(35-24)18-34-25(31)19-12-8-6-9-13-19/h4-15,21-24H,1-2,16-18H2,3H3. The van der Waals surface area contributed by atoms with Crippen molar-refractivity contribution in [2.24, 2.45) is 0 Å². The Morgan fingerprint density at radius 2 is 1.50 bits per heavy atom. The molecular weight excluding hydrogens is 467 g/mol. The van der Waals surface area contributed by atoms with Gasteiger partial charge >= 0.3 is 18.0 Å². The summed E-state index contributed by atoms with van der Waals surface area (Å²) in [5, 5.41) is 0. The Balaban J connectivity index is 1.83. The van der Waals surface area contributed by atoms with Gasteiger partial charge in [0.05, 0.1) is 11.1 Å². The Morgan fingerprint density at radius 3 is 2.06 bits per heavy atom. The van der Waals surface area contributed by atoms with Crippen LogP contribution in [0.4, 0.5) is 9.18 Å². The highest BCUT2D eigenvalue weighted by Gasteiger charge is 2.51. The van der Waals surface area contributed by atoms with E-state index >= 15 is 4.39 Å². The summed E-state index contributed by atoms with van der Waals surface area (Å²) >= 11 is 0. The fourth-order valence-electron chi connectivity index (χ4n) is 3.72. The zero-order valence-electron chi connectivity index (χ0n) is 20.0. The van der Waals surface area contributed by atoms with Gasteiger partial charge in [-0.05, 0) is 24.3 Å². The number of carbonyl (C=O) groups is 3. The molecule has 8 nitrogen and oxygen atoms in total. The van der Waals surface area contributed by atoms with Gasteiger partial charge in [-0.15, -0.1) is 13.2 Å². The monoisotopic (exact) mass is 496 g/mol. The molecule has 190 valence electrons. The van der Waals surface area contributed by atoms with Crippen LogP contribution < -0.4 is 0 Å². The summed E-state index contributed by atoms with van der Waals surface area (Å²) in [6, 6.07) is 15.8. The van der Waals surface area contributed by atoms with E-state index in [0.29, 0.717) is 5.56 Å². The lowest BCUT2D eigenvalue weighted by atomic mass is 10.1. The van der Waals surface area contributed by atoms with Crippen LogP contribution in [-0.2, 0) is 14.2 Å². The van der Waals surface area contributed by atoms with Gasteiger partial charge in [-0.3, -0.25) is 4.90 Å². The molecule has 2 aromatic carbocycles. The van der Waals surface area contributed by atoms with Crippen molar-refractivity contribution in [2.75, 3.05) is 26.7 Å². The fraction of sp³-hybridized carbons (Fsp3) is 0.296. The van der Waals surface area contributed by atoms with E-state index in [1.54, 1.807) is 48.5 Å². The quantitative estimate of drug-likeness (QED) is 0.367. The largest absolute Gasteiger partial charge is 0.459 e. The molecule has 1 saturated heterocycles. The number of esters is 2. The number of hydrogen-bond donors (Lipinski definition) is 0. The third-order valence-corrected chi connectivity index (χ3v) is 5.52. The van der Waals surface area contributed by atoms with Crippen molar-refractivity contribution in [3.05, 3.63) is 97.1 Å². The second kappa shape index (κ2) is 12.6. The molecule has 0 radical (unpaired) electrons. The number of carbonyl (C=O) groups excluding carboxylic acids is 3. The lowest BCUT2D eigenvalue weighted by Crippen LogP contribution is -2.50. The average molecular weight is 497 g/mol. The van der Waals surface area contributed by atoms with Gasteiger partial charge in [-0.1, -0.05) is 48.6 Å². The van der Waals surface area contributed by atoms with Crippen molar-refractivity contribution in [1.29, 1.82) is 0 Å². The van der Waals surface area contributed by atoms with Gasteiger partial charge in [0.25, 0.3) is 0 Å². The first-order chi connectivity index (χ1) is 17.4. The maximum Gasteiger partial charge on any atom is 0.338 e. The SMILES string of the molecule is C=CCN(C)C(=O)N(CC=C)C1OC(COC(=O)c2ccccc2)C(OC(=O)c2ccccc2)C1F. The van der Waals surface area contributed by atoms with Gasteiger partial charge in [0, 0.05) is 20.1 Å². The second-order valence-corrected chi connectivity index (χ2v) is 8.10. The number of alkyl halides is 1. The number of halogens is 1. The Kier molecular flexibility index (Phi) is 9.35. The van der Waals surface area contributed by atoms with Crippen molar-refractivity contribution >= 4 is 18.0 Å². The number of likely N-dealkylation sites (N-methyl/N-ethyl adjacent to an activating group) is 1. The fourth-order valence-corrected chi connectivity index (χ4v) is 3.72. The number of urea groups is 1. The summed E-state index contributed by atoms with van der Waals surface area (Å²) < 4.78 is 32.5. The van der Waals surface area contributed by atoms with E-state index in [1.165, 1.54) is 36.2 Å². The molecule has 1 heterocycles. The first-order valence-electron chi connectivity index (χ1n) is 11.4. The Hall–Kier alpha value is -3.98. The normalized spacial score (nSPS) is 20.7. The molecule has 0 aliphatic carbocycles. The third kappa shape index (κ3) is 6.37. The van der Waals surface area contributed by atoms with Crippen LogP contribution in [0.2, 0.25) is 0 Å². The highest BCUT2D eigenvalue weighted by molar-refractivity contribution is 5.90. The molecule has 4 atom stereocenters. The van der Waals surface area contributed by atoms with Crippen LogP contribution in [0.1, 0.15) is 20.7 Å².